The van der Waals surface area contributed by atoms with Crippen molar-refractivity contribution in [2.75, 3.05) is 18.0 Å². The van der Waals surface area contributed by atoms with Crippen molar-refractivity contribution in [3.63, 3.8) is 0 Å². The summed E-state index contributed by atoms with van der Waals surface area (Å²) in [6.07, 6.45) is 3.61. The first kappa shape index (κ1) is 18.6. The van der Waals surface area contributed by atoms with Crippen LogP contribution in [0.5, 0.6) is 0 Å². The van der Waals surface area contributed by atoms with Crippen molar-refractivity contribution in [1.29, 1.82) is 0 Å². The molecule has 0 aliphatic carbocycles. The van der Waals surface area contributed by atoms with E-state index < -0.39 is 5.92 Å². The van der Waals surface area contributed by atoms with Gasteiger partial charge < -0.3 is 4.90 Å². The highest BCUT2D eigenvalue weighted by atomic mass is 32.1. The van der Waals surface area contributed by atoms with E-state index in [-0.39, 0.29) is 17.9 Å². The summed E-state index contributed by atoms with van der Waals surface area (Å²) in [7, 11) is 0. The van der Waals surface area contributed by atoms with Crippen LogP contribution in [0, 0.1) is 5.92 Å². The molecule has 2 atom stereocenters. The van der Waals surface area contributed by atoms with Crippen LogP contribution in [0.15, 0.2) is 71.6 Å². The molecule has 0 spiro atoms. The maximum absolute atomic E-state index is 13.7. The van der Waals surface area contributed by atoms with Gasteiger partial charge in [0, 0.05) is 29.2 Å². The summed E-state index contributed by atoms with van der Waals surface area (Å²) < 4.78 is 0. The summed E-state index contributed by atoms with van der Waals surface area (Å²) in [5.41, 5.74) is 5.20. The number of amides is 2. The van der Waals surface area contributed by atoms with Gasteiger partial charge in [0.15, 0.2) is 0 Å². The highest BCUT2D eigenvalue weighted by Crippen LogP contribution is 2.48. The Hall–Kier alpha value is -3.18. The van der Waals surface area contributed by atoms with Crippen molar-refractivity contribution in [3.8, 4) is 0 Å². The van der Waals surface area contributed by atoms with Crippen molar-refractivity contribution < 1.29 is 9.59 Å². The van der Waals surface area contributed by atoms with Gasteiger partial charge in [-0.15, -0.1) is 11.3 Å². The van der Waals surface area contributed by atoms with Gasteiger partial charge in [-0.25, -0.2) is 0 Å². The molecular weight excluding hydrogens is 404 g/mol. The number of hydrogen-bond donors (Lipinski definition) is 0. The molecule has 3 aromatic rings. The van der Waals surface area contributed by atoms with Crippen LogP contribution in [-0.4, -0.2) is 29.8 Å². The normalized spacial score (nSPS) is 21.7. The number of nitrogens with zero attached hydrogens (tertiary/aromatic N) is 2. The first-order chi connectivity index (χ1) is 15.2. The second-order valence-corrected chi connectivity index (χ2v) is 9.38. The van der Waals surface area contributed by atoms with Gasteiger partial charge in [-0.05, 0) is 53.1 Å². The molecule has 31 heavy (non-hydrogen) atoms. The van der Waals surface area contributed by atoms with Gasteiger partial charge in [-0.2, -0.15) is 0 Å². The summed E-state index contributed by atoms with van der Waals surface area (Å²) >= 11 is 1.67. The number of carbonyl (C=O) groups excluding carboxylic acids is 2. The molecule has 6 rings (SSSR count). The summed E-state index contributed by atoms with van der Waals surface area (Å²) in [6, 6.07) is 20.5. The summed E-state index contributed by atoms with van der Waals surface area (Å²) in [5.74, 6) is -0.664. The Morgan fingerprint density at radius 1 is 0.968 bits per heavy atom. The van der Waals surface area contributed by atoms with Crippen LogP contribution >= 0.6 is 11.3 Å². The molecule has 3 aliphatic rings. The Bertz CT molecular complexity index is 1210. The van der Waals surface area contributed by atoms with Crippen LogP contribution in [0.4, 0.5) is 5.69 Å². The third kappa shape index (κ3) is 2.87. The fraction of sp³-hybridized carbons (Fsp3) is 0.231. The van der Waals surface area contributed by atoms with Gasteiger partial charge in [0.2, 0.25) is 5.91 Å². The fourth-order valence-electron chi connectivity index (χ4n) is 5.30. The Kier molecular flexibility index (Phi) is 4.32. The lowest BCUT2D eigenvalue weighted by atomic mass is 9.82. The number of anilines is 1. The van der Waals surface area contributed by atoms with Crippen molar-refractivity contribution in [3.05, 3.63) is 93.2 Å². The van der Waals surface area contributed by atoms with Crippen LogP contribution in [-0.2, 0) is 22.4 Å². The molecule has 4 nitrogen and oxygen atoms in total. The second-order valence-electron chi connectivity index (χ2n) is 8.35. The molecule has 0 bridgehead atoms. The Morgan fingerprint density at radius 3 is 2.68 bits per heavy atom. The molecule has 1 saturated heterocycles. The molecule has 5 heteroatoms. The van der Waals surface area contributed by atoms with Crippen molar-refractivity contribution in [1.82, 2.24) is 4.90 Å². The van der Waals surface area contributed by atoms with Gasteiger partial charge in [0.05, 0.1) is 12.0 Å². The van der Waals surface area contributed by atoms with E-state index >= 15 is 0 Å². The van der Waals surface area contributed by atoms with Crippen LogP contribution in [0.1, 0.15) is 27.6 Å². The van der Waals surface area contributed by atoms with E-state index in [1.54, 1.807) is 11.3 Å². The third-order valence-corrected chi connectivity index (χ3v) is 7.66. The number of carbonyl (C=O) groups is 2. The molecule has 1 fully saturated rings. The Balaban J connectivity index is 1.47. The third-order valence-electron chi connectivity index (χ3n) is 6.73. The number of fused-ring (bicyclic) bond motifs is 7. The molecule has 4 heterocycles. The SMILES string of the molecule is O=C1C2=Cc3ccccc3N3CCc4ccccc4C3C2C(=O)N1CCc1cccs1. The summed E-state index contributed by atoms with van der Waals surface area (Å²) in [5, 5.41) is 2.03. The van der Waals surface area contributed by atoms with Crippen LogP contribution in [0.25, 0.3) is 6.08 Å². The molecule has 3 aliphatic heterocycles. The van der Waals surface area contributed by atoms with Crippen LogP contribution in [0.2, 0.25) is 0 Å². The molecule has 0 saturated carbocycles. The minimum atomic E-state index is -0.468. The zero-order valence-electron chi connectivity index (χ0n) is 17.0. The zero-order valence-corrected chi connectivity index (χ0v) is 17.8. The average Bonchev–Trinajstić information content (AvgIpc) is 3.35. The molecule has 2 amide bonds. The molecule has 2 unspecified atom stereocenters. The minimum Gasteiger partial charge on any atom is -0.363 e. The maximum atomic E-state index is 13.7. The molecule has 1 aromatic heterocycles. The van der Waals surface area contributed by atoms with Crippen LogP contribution in [0.3, 0.4) is 0 Å². The predicted octanol–water partition coefficient (Wildman–Crippen LogP) is 4.48. The summed E-state index contributed by atoms with van der Waals surface area (Å²) in [6.45, 7) is 1.27. The number of imide groups is 1. The molecule has 0 radical (unpaired) electrons. The monoisotopic (exact) mass is 426 g/mol. The number of likely N-dealkylation sites (tertiary alicyclic amines) is 1. The quantitative estimate of drug-likeness (QED) is 0.580. The van der Waals surface area contributed by atoms with Crippen LogP contribution < -0.4 is 4.90 Å². The largest absolute Gasteiger partial charge is 0.363 e. The predicted molar refractivity (Wildman–Crippen MR) is 123 cm³/mol. The van der Waals surface area contributed by atoms with E-state index in [0.717, 1.165) is 24.2 Å². The number of para-hydroxylation sites is 1. The minimum absolute atomic E-state index is 0.0627. The number of hydrogen-bond acceptors (Lipinski definition) is 4. The smallest absolute Gasteiger partial charge is 0.257 e. The number of benzene rings is 2. The summed E-state index contributed by atoms with van der Waals surface area (Å²) in [4.78, 5) is 32.2. The van der Waals surface area contributed by atoms with Gasteiger partial charge in [0.25, 0.3) is 5.91 Å². The lowest BCUT2D eigenvalue weighted by Crippen LogP contribution is -2.42. The second kappa shape index (κ2) is 7.20. The first-order valence-electron chi connectivity index (χ1n) is 10.8. The van der Waals surface area contributed by atoms with E-state index in [0.29, 0.717) is 18.5 Å². The van der Waals surface area contributed by atoms with Crippen molar-refractivity contribution >= 4 is 34.9 Å². The van der Waals surface area contributed by atoms with Gasteiger partial charge in [-0.1, -0.05) is 48.5 Å². The van der Waals surface area contributed by atoms with E-state index in [1.165, 1.54) is 20.9 Å². The first-order valence-corrected chi connectivity index (χ1v) is 11.6. The molecular formula is C26H22N2O2S. The van der Waals surface area contributed by atoms with E-state index in [1.807, 2.05) is 41.8 Å². The molecule has 154 valence electrons. The van der Waals surface area contributed by atoms with Gasteiger partial charge >= 0.3 is 0 Å². The fourth-order valence-corrected chi connectivity index (χ4v) is 6.00. The molecule has 2 aromatic carbocycles. The van der Waals surface area contributed by atoms with Gasteiger partial charge in [0.1, 0.15) is 0 Å². The Morgan fingerprint density at radius 2 is 1.81 bits per heavy atom. The van der Waals surface area contributed by atoms with Crippen molar-refractivity contribution in [2.24, 2.45) is 5.92 Å². The number of rotatable bonds is 3. The van der Waals surface area contributed by atoms with E-state index in [4.69, 9.17) is 0 Å². The van der Waals surface area contributed by atoms with Gasteiger partial charge in [-0.3, -0.25) is 14.5 Å². The topological polar surface area (TPSA) is 40.6 Å². The maximum Gasteiger partial charge on any atom is 0.257 e. The number of thiophene rings is 1. The lowest BCUT2D eigenvalue weighted by Gasteiger charge is -2.41. The van der Waals surface area contributed by atoms with E-state index in [2.05, 4.69) is 35.2 Å². The average molecular weight is 427 g/mol. The highest BCUT2D eigenvalue weighted by Gasteiger charge is 2.51. The zero-order chi connectivity index (χ0) is 20.9. The standard InChI is InChI=1S/C26H22N2O2S/c29-25-21-16-18-7-2-4-10-22(18)27-13-11-17-6-1-3-9-20(17)24(27)23(21)26(30)28(25)14-12-19-8-5-15-31-19/h1-10,15-16,23-24H,11-14H2. The Labute approximate surface area is 185 Å². The molecule has 0 N–H and O–H groups in total. The van der Waals surface area contributed by atoms with Crippen molar-refractivity contribution in [2.45, 2.75) is 18.9 Å². The highest BCUT2D eigenvalue weighted by molar-refractivity contribution is 7.09. The lowest BCUT2D eigenvalue weighted by molar-refractivity contribution is -0.139. The van der Waals surface area contributed by atoms with E-state index in [9.17, 15) is 9.59 Å².